The molecule has 4 nitrogen and oxygen atoms in total. The van der Waals surface area contributed by atoms with Gasteiger partial charge in [0.05, 0.1) is 5.69 Å². The Labute approximate surface area is 102 Å². The number of rotatable bonds is 4. The van der Waals surface area contributed by atoms with E-state index in [-0.39, 0.29) is 5.41 Å². The van der Waals surface area contributed by atoms with Crippen LogP contribution in [0.5, 0.6) is 0 Å². The zero-order chi connectivity index (χ0) is 12.5. The smallest absolute Gasteiger partial charge is 0.146 e. The van der Waals surface area contributed by atoms with E-state index in [9.17, 15) is 4.79 Å². The molecule has 0 atom stereocenters. The fourth-order valence-electron chi connectivity index (χ4n) is 2.83. The van der Waals surface area contributed by atoms with E-state index < -0.39 is 0 Å². The topological polar surface area (TPSA) is 60.9 Å². The fourth-order valence-corrected chi connectivity index (χ4v) is 2.83. The summed E-state index contributed by atoms with van der Waals surface area (Å²) in [7, 11) is 1.89. The van der Waals surface area contributed by atoms with E-state index in [0.29, 0.717) is 18.7 Å². The van der Waals surface area contributed by atoms with Crippen LogP contribution in [-0.2, 0) is 18.3 Å². The molecular weight excluding hydrogens is 214 g/mol. The third kappa shape index (κ3) is 2.27. The van der Waals surface area contributed by atoms with Crippen LogP contribution < -0.4 is 5.73 Å². The molecular formula is C13H21N3O. The third-order valence-electron chi connectivity index (χ3n) is 3.98. The average Bonchev–Trinajstić information content (AvgIpc) is 2.87. The molecule has 0 amide bonds. The van der Waals surface area contributed by atoms with Crippen molar-refractivity contribution in [3.63, 3.8) is 0 Å². The first-order valence-corrected chi connectivity index (χ1v) is 6.30. The number of ketones is 1. The molecule has 0 aliphatic heterocycles. The van der Waals surface area contributed by atoms with Gasteiger partial charge >= 0.3 is 0 Å². The zero-order valence-electron chi connectivity index (χ0n) is 10.7. The van der Waals surface area contributed by atoms with Crippen LogP contribution in [0.25, 0.3) is 0 Å². The Hall–Kier alpha value is -1.16. The van der Waals surface area contributed by atoms with Gasteiger partial charge in [0.25, 0.3) is 0 Å². The van der Waals surface area contributed by atoms with E-state index in [1.54, 1.807) is 4.68 Å². The van der Waals surface area contributed by atoms with Crippen LogP contribution in [0.4, 0.5) is 0 Å². The molecule has 94 valence electrons. The second kappa shape index (κ2) is 4.61. The lowest BCUT2D eigenvalue weighted by Crippen LogP contribution is -2.37. The maximum absolute atomic E-state index is 12.4. The number of hydrogen-bond donors (Lipinski definition) is 1. The van der Waals surface area contributed by atoms with Crippen molar-refractivity contribution in [2.75, 3.05) is 6.54 Å². The molecule has 4 heteroatoms. The standard InChI is InChI=1S/C13H21N3O/c1-10-7-11(16(2)15-10)8-12(17)13(9-14)5-3-4-6-13/h7H,3-6,8-9,14H2,1-2H3. The highest BCUT2D eigenvalue weighted by molar-refractivity contribution is 5.87. The number of nitrogens with two attached hydrogens (primary N) is 1. The largest absolute Gasteiger partial charge is 0.329 e. The van der Waals surface area contributed by atoms with Gasteiger partial charge < -0.3 is 5.73 Å². The predicted molar refractivity (Wildman–Crippen MR) is 66.6 cm³/mol. The molecule has 0 unspecified atom stereocenters. The highest BCUT2D eigenvalue weighted by Crippen LogP contribution is 2.38. The summed E-state index contributed by atoms with van der Waals surface area (Å²) in [5.41, 5.74) is 7.53. The summed E-state index contributed by atoms with van der Waals surface area (Å²) in [6.45, 7) is 2.44. The summed E-state index contributed by atoms with van der Waals surface area (Å²) < 4.78 is 1.80. The molecule has 1 aromatic rings. The first-order chi connectivity index (χ1) is 8.07. The third-order valence-corrected chi connectivity index (χ3v) is 3.98. The molecule has 0 radical (unpaired) electrons. The Morgan fingerprint density at radius 2 is 2.18 bits per heavy atom. The normalized spacial score (nSPS) is 18.5. The number of carbonyl (C=O) groups is 1. The van der Waals surface area contributed by atoms with Crippen molar-refractivity contribution in [2.45, 2.75) is 39.0 Å². The van der Waals surface area contributed by atoms with Gasteiger partial charge in [-0.1, -0.05) is 12.8 Å². The van der Waals surface area contributed by atoms with Crippen molar-refractivity contribution in [3.8, 4) is 0 Å². The van der Waals surface area contributed by atoms with Gasteiger partial charge in [0.1, 0.15) is 5.78 Å². The molecule has 0 spiro atoms. The van der Waals surface area contributed by atoms with Crippen molar-refractivity contribution in [3.05, 3.63) is 17.5 Å². The Bertz CT molecular complexity index is 416. The van der Waals surface area contributed by atoms with Crippen LogP contribution in [0, 0.1) is 12.3 Å². The van der Waals surface area contributed by atoms with Gasteiger partial charge in [-0.2, -0.15) is 5.10 Å². The van der Waals surface area contributed by atoms with Crippen molar-refractivity contribution >= 4 is 5.78 Å². The van der Waals surface area contributed by atoms with E-state index >= 15 is 0 Å². The van der Waals surface area contributed by atoms with E-state index in [1.165, 1.54) is 0 Å². The van der Waals surface area contributed by atoms with Gasteiger partial charge in [0.15, 0.2) is 0 Å². The molecule has 0 aromatic carbocycles. The minimum atomic E-state index is -0.252. The molecule has 0 bridgehead atoms. The second-order valence-corrected chi connectivity index (χ2v) is 5.19. The molecule has 1 saturated carbocycles. The summed E-state index contributed by atoms with van der Waals surface area (Å²) in [6.07, 6.45) is 4.65. The molecule has 1 aromatic heterocycles. The lowest BCUT2D eigenvalue weighted by atomic mass is 9.80. The Balaban J connectivity index is 2.13. The molecule has 1 aliphatic rings. The van der Waals surface area contributed by atoms with Crippen LogP contribution in [0.3, 0.4) is 0 Å². The van der Waals surface area contributed by atoms with Gasteiger partial charge in [0, 0.05) is 31.1 Å². The number of hydrogen-bond acceptors (Lipinski definition) is 3. The maximum atomic E-state index is 12.4. The number of carbonyl (C=O) groups excluding carboxylic acids is 1. The Kier molecular flexibility index (Phi) is 3.33. The number of nitrogens with zero attached hydrogens (tertiary/aromatic N) is 2. The van der Waals surface area contributed by atoms with Gasteiger partial charge in [-0.25, -0.2) is 0 Å². The Morgan fingerprint density at radius 1 is 1.53 bits per heavy atom. The maximum Gasteiger partial charge on any atom is 0.146 e. The first kappa shape index (κ1) is 12.3. The summed E-state index contributed by atoms with van der Waals surface area (Å²) in [5, 5.41) is 4.27. The molecule has 2 N–H and O–H groups in total. The van der Waals surface area contributed by atoms with Crippen molar-refractivity contribution in [1.82, 2.24) is 9.78 Å². The first-order valence-electron chi connectivity index (χ1n) is 6.30. The summed E-state index contributed by atoms with van der Waals surface area (Å²) in [5.74, 6) is 0.292. The quantitative estimate of drug-likeness (QED) is 0.857. The van der Waals surface area contributed by atoms with Crippen LogP contribution in [0.1, 0.15) is 37.1 Å². The molecule has 2 rings (SSSR count). The van der Waals surface area contributed by atoms with Gasteiger partial charge in [-0.15, -0.1) is 0 Å². The SMILES string of the molecule is Cc1cc(CC(=O)C2(CN)CCCC2)n(C)n1. The van der Waals surface area contributed by atoms with Crippen LogP contribution in [0.15, 0.2) is 6.07 Å². The van der Waals surface area contributed by atoms with Gasteiger partial charge in [-0.3, -0.25) is 9.48 Å². The van der Waals surface area contributed by atoms with Crippen LogP contribution in [-0.4, -0.2) is 22.1 Å². The van der Waals surface area contributed by atoms with Crippen LogP contribution >= 0.6 is 0 Å². The minimum absolute atomic E-state index is 0.252. The van der Waals surface area contributed by atoms with E-state index in [0.717, 1.165) is 37.1 Å². The average molecular weight is 235 g/mol. The zero-order valence-corrected chi connectivity index (χ0v) is 10.7. The summed E-state index contributed by atoms with van der Waals surface area (Å²) >= 11 is 0. The molecule has 1 aliphatic carbocycles. The lowest BCUT2D eigenvalue weighted by Gasteiger charge is -2.25. The number of aryl methyl sites for hydroxylation is 2. The predicted octanol–water partition coefficient (Wildman–Crippen LogP) is 1.36. The Morgan fingerprint density at radius 3 is 2.65 bits per heavy atom. The van der Waals surface area contributed by atoms with Gasteiger partial charge in [0.2, 0.25) is 0 Å². The summed E-state index contributed by atoms with van der Waals surface area (Å²) in [6, 6.07) is 1.98. The van der Waals surface area contributed by atoms with E-state index in [4.69, 9.17) is 5.73 Å². The minimum Gasteiger partial charge on any atom is -0.329 e. The van der Waals surface area contributed by atoms with E-state index in [2.05, 4.69) is 5.10 Å². The monoisotopic (exact) mass is 235 g/mol. The van der Waals surface area contributed by atoms with Crippen molar-refractivity contribution in [2.24, 2.45) is 18.2 Å². The molecule has 17 heavy (non-hydrogen) atoms. The fraction of sp³-hybridized carbons (Fsp3) is 0.692. The highest BCUT2D eigenvalue weighted by atomic mass is 16.1. The molecule has 0 saturated heterocycles. The highest BCUT2D eigenvalue weighted by Gasteiger charge is 2.39. The van der Waals surface area contributed by atoms with Crippen LogP contribution in [0.2, 0.25) is 0 Å². The summed E-state index contributed by atoms with van der Waals surface area (Å²) in [4.78, 5) is 12.4. The lowest BCUT2D eigenvalue weighted by molar-refractivity contribution is -0.127. The molecule has 1 fully saturated rings. The molecule has 1 heterocycles. The van der Waals surface area contributed by atoms with Gasteiger partial charge in [-0.05, 0) is 25.8 Å². The van der Waals surface area contributed by atoms with Crippen molar-refractivity contribution < 1.29 is 4.79 Å². The number of aromatic nitrogens is 2. The number of Topliss-reactive ketones (excluding diaryl/α,β-unsaturated/α-hetero) is 1. The van der Waals surface area contributed by atoms with E-state index in [1.807, 2.05) is 20.0 Å². The second-order valence-electron chi connectivity index (χ2n) is 5.19. The van der Waals surface area contributed by atoms with Crippen molar-refractivity contribution in [1.29, 1.82) is 0 Å².